The Morgan fingerprint density at radius 2 is 1.83 bits per heavy atom. The van der Waals surface area contributed by atoms with Crippen LogP contribution in [0.2, 0.25) is 0 Å². The molecule has 1 aromatic carbocycles. The molecule has 8 heteroatoms. The molecule has 2 rings (SSSR count). The monoisotopic (exact) mass is 370 g/mol. The van der Waals surface area contributed by atoms with Crippen molar-refractivity contribution in [1.29, 1.82) is 0 Å². The maximum atomic E-state index is 11.7. The molecule has 0 atom stereocenters. The predicted octanol–water partition coefficient (Wildman–Crippen LogP) is 2.76. The van der Waals surface area contributed by atoms with Gasteiger partial charge in [0.05, 0.1) is 5.92 Å². The number of ether oxygens (including phenoxy) is 1. The van der Waals surface area contributed by atoms with Crippen LogP contribution in [0, 0.1) is 5.92 Å². The van der Waals surface area contributed by atoms with Gasteiger partial charge in [-0.2, -0.15) is 8.42 Å². The van der Waals surface area contributed by atoms with Crippen molar-refractivity contribution < 1.29 is 22.5 Å². The van der Waals surface area contributed by atoms with Crippen LogP contribution >= 0.6 is 11.7 Å². The first-order chi connectivity index (χ1) is 10.0. The van der Waals surface area contributed by atoms with Crippen LogP contribution in [-0.2, 0) is 19.4 Å². The molecular formula is C15H23NaO5S2. The van der Waals surface area contributed by atoms with Crippen LogP contribution in [0.5, 0.6) is 5.75 Å². The zero-order chi connectivity index (χ0) is 17.0. The van der Waals surface area contributed by atoms with Crippen LogP contribution in [0.4, 0.5) is 0 Å². The summed E-state index contributed by atoms with van der Waals surface area (Å²) in [5.74, 6) is 0.813. The van der Waals surface area contributed by atoms with Crippen molar-refractivity contribution in [2.45, 2.75) is 45.4 Å². The number of benzene rings is 1. The third-order valence-corrected chi connectivity index (χ3v) is 3.62. The Kier molecular flexibility index (Phi) is 9.42. The standard InChI is InChI=1S/C15H20O2.Na.H2O3S2.H/c1-4-15(2,3)12-7-5-6-8-13(12)17-14(16)11-9-10-11;;1-5(2,3)4;/h5-8,11H,4,9-10H2,1-3H3;;(H2,1,2,3,4);. The number of rotatable bonds is 4. The number of carbonyl (C=O) groups excluding carboxylic acids is 1. The predicted molar refractivity (Wildman–Crippen MR) is 95.8 cm³/mol. The van der Waals surface area contributed by atoms with E-state index in [1.807, 2.05) is 18.2 Å². The first kappa shape index (κ1) is 22.9. The van der Waals surface area contributed by atoms with Gasteiger partial charge in [-0.1, -0.05) is 39.0 Å². The topological polar surface area (TPSA) is 80.7 Å². The van der Waals surface area contributed by atoms with Crippen molar-refractivity contribution in [3.05, 3.63) is 29.8 Å². The summed E-state index contributed by atoms with van der Waals surface area (Å²) >= 11 is 2.65. The van der Waals surface area contributed by atoms with Gasteiger partial charge in [0.1, 0.15) is 5.75 Å². The van der Waals surface area contributed by atoms with Crippen LogP contribution in [0.1, 0.15) is 45.6 Å². The second-order valence-corrected chi connectivity index (χ2v) is 8.16. The van der Waals surface area contributed by atoms with Crippen molar-refractivity contribution in [3.8, 4) is 5.75 Å². The van der Waals surface area contributed by atoms with Gasteiger partial charge in [-0.05, 0) is 42.4 Å². The van der Waals surface area contributed by atoms with E-state index in [0.29, 0.717) is 0 Å². The van der Waals surface area contributed by atoms with E-state index in [9.17, 15) is 4.79 Å². The molecule has 0 aliphatic heterocycles. The van der Waals surface area contributed by atoms with Gasteiger partial charge in [0.15, 0.2) is 0 Å². The Labute approximate surface area is 165 Å². The van der Waals surface area contributed by atoms with Crippen LogP contribution in [0.15, 0.2) is 24.3 Å². The molecule has 0 unspecified atom stereocenters. The van der Waals surface area contributed by atoms with E-state index in [2.05, 4.69) is 38.5 Å². The Morgan fingerprint density at radius 3 is 2.26 bits per heavy atom. The Morgan fingerprint density at radius 1 is 1.35 bits per heavy atom. The third-order valence-electron chi connectivity index (χ3n) is 3.62. The molecule has 1 fully saturated rings. The average molecular weight is 370 g/mol. The summed E-state index contributed by atoms with van der Waals surface area (Å²) in [6.07, 6.45) is 2.99. The van der Waals surface area contributed by atoms with Crippen LogP contribution in [-0.4, -0.2) is 48.5 Å². The fourth-order valence-electron chi connectivity index (χ4n) is 1.82. The number of para-hydroxylation sites is 1. The van der Waals surface area contributed by atoms with Gasteiger partial charge in [-0.3, -0.25) is 9.35 Å². The minimum atomic E-state index is -3.97. The van der Waals surface area contributed by atoms with E-state index < -0.39 is 9.15 Å². The Balaban J connectivity index is 0.000000709. The molecule has 1 N–H and O–H groups in total. The van der Waals surface area contributed by atoms with Crippen LogP contribution < -0.4 is 4.74 Å². The van der Waals surface area contributed by atoms with Gasteiger partial charge < -0.3 is 4.74 Å². The van der Waals surface area contributed by atoms with Gasteiger partial charge >= 0.3 is 44.7 Å². The van der Waals surface area contributed by atoms with Gasteiger partial charge in [0.2, 0.25) is 0 Å². The van der Waals surface area contributed by atoms with Crippen molar-refractivity contribution in [1.82, 2.24) is 0 Å². The zero-order valence-corrected chi connectivity index (χ0v) is 14.7. The summed E-state index contributed by atoms with van der Waals surface area (Å²) in [5.41, 5.74) is 1.16. The number of thiol groups is 1. The second kappa shape index (κ2) is 9.44. The van der Waals surface area contributed by atoms with Crippen LogP contribution in [0.25, 0.3) is 0 Å². The van der Waals surface area contributed by atoms with Crippen molar-refractivity contribution in [3.63, 3.8) is 0 Å². The molecule has 0 radical (unpaired) electrons. The Hall–Kier alpha value is -0.0500. The Bertz CT molecular complexity index is 617. The molecule has 1 aliphatic carbocycles. The first-order valence-electron chi connectivity index (χ1n) is 7.05. The van der Waals surface area contributed by atoms with Crippen molar-refractivity contribution in [2.24, 2.45) is 5.92 Å². The minimum absolute atomic E-state index is 0. The molecule has 1 aliphatic rings. The summed E-state index contributed by atoms with van der Waals surface area (Å²) in [4.78, 5) is 11.7. The fourth-order valence-corrected chi connectivity index (χ4v) is 1.82. The van der Waals surface area contributed by atoms with E-state index >= 15 is 0 Å². The number of esters is 1. The molecular weight excluding hydrogens is 347 g/mol. The molecule has 126 valence electrons. The van der Waals surface area contributed by atoms with Crippen molar-refractivity contribution >= 4 is 56.3 Å². The summed E-state index contributed by atoms with van der Waals surface area (Å²) in [5, 5.41) is 0. The number of hydrogen-bond donors (Lipinski definition) is 2. The van der Waals surface area contributed by atoms with Gasteiger partial charge in [-0.15, -0.1) is 0 Å². The SMILES string of the molecule is CCC(C)(C)c1ccccc1OC(=O)C1CC1.O=S(=O)(O)S.[NaH]. The maximum absolute atomic E-state index is 11.7. The quantitative estimate of drug-likeness (QED) is 0.213. The molecule has 23 heavy (non-hydrogen) atoms. The average Bonchev–Trinajstić information content (AvgIpc) is 3.21. The number of carbonyl (C=O) groups is 1. The van der Waals surface area contributed by atoms with Gasteiger partial charge in [0.25, 0.3) is 0 Å². The van der Waals surface area contributed by atoms with E-state index in [0.717, 1.165) is 30.6 Å². The molecule has 0 bridgehead atoms. The first-order valence-corrected chi connectivity index (χ1v) is 9.55. The second-order valence-electron chi connectivity index (χ2n) is 5.88. The molecule has 0 saturated heterocycles. The molecule has 0 heterocycles. The molecule has 1 aromatic rings. The molecule has 5 nitrogen and oxygen atoms in total. The summed E-state index contributed by atoms with van der Waals surface area (Å²) in [6, 6.07) is 7.87. The zero-order valence-electron chi connectivity index (χ0n) is 12.9. The summed E-state index contributed by atoms with van der Waals surface area (Å²) < 4.78 is 31.0. The normalized spacial score (nSPS) is 14.1. The van der Waals surface area contributed by atoms with E-state index in [1.54, 1.807) is 0 Å². The van der Waals surface area contributed by atoms with Gasteiger partial charge in [-0.25, -0.2) is 0 Å². The van der Waals surface area contributed by atoms with E-state index in [1.165, 1.54) is 0 Å². The van der Waals surface area contributed by atoms with Crippen molar-refractivity contribution in [2.75, 3.05) is 0 Å². The third kappa shape index (κ3) is 9.12. The molecule has 1 saturated carbocycles. The number of hydrogen-bond acceptors (Lipinski definition) is 4. The molecule has 0 spiro atoms. The van der Waals surface area contributed by atoms with Crippen LogP contribution in [0.3, 0.4) is 0 Å². The van der Waals surface area contributed by atoms with E-state index in [4.69, 9.17) is 17.7 Å². The molecule has 0 aromatic heterocycles. The summed E-state index contributed by atoms with van der Waals surface area (Å²) in [6.45, 7) is 6.51. The van der Waals surface area contributed by atoms with Gasteiger partial charge in [0, 0.05) is 5.56 Å². The summed E-state index contributed by atoms with van der Waals surface area (Å²) in [7, 11) is -3.97. The fraction of sp³-hybridized carbons (Fsp3) is 0.533. The van der Waals surface area contributed by atoms with E-state index in [-0.39, 0.29) is 46.9 Å². The molecule has 0 amide bonds.